The number of nitrogens with zero attached hydrogens (tertiary/aromatic N) is 3. The molecule has 1 saturated heterocycles. The van der Waals surface area contributed by atoms with Gasteiger partial charge in [0.15, 0.2) is 0 Å². The van der Waals surface area contributed by atoms with Gasteiger partial charge in [-0.05, 0) is 33.0 Å². The first kappa shape index (κ1) is 10.6. The molecule has 0 amide bonds. The molecule has 1 aliphatic heterocycles. The van der Waals surface area contributed by atoms with E-state index in [0.29, 0.717) is 12.6 Å². The second-order valence-electron chi connectivity index (χ2n) is 4.35. The Labute approximate surface area is 91.1 Å². The molecule has 2 rings (SSSR count). The number of likely N-dealkylation sites (tertiary alicyclic amines) is 1. The lowest BCUT2D eigenvalue weighted by Gasteiger charge is -2.31. The van der Waals surface area contributed by atoms with E-state index in [1.807, 2.05) is 6.20 Å². The lowest BCUT2D eigenvalue weighted by Crippen LogP contribution is -2.34. The molecule has 1 unspecified atom stereocenters. The van der Waals surface area contributed by atoms with Crippen LogP contribution in [0.3, 0.4) is 0 Å². The summed E-state index contributed by atoms with van der Waals surface area (Å²) in [6.45, 7) is 3.03. The fraction of sp³-hybridized carbons (Fsp3) is 0.727. The minimum Gasteiger partial charge on any atom is -0.331 e. The van der Waals surface area contributed by atoms with E-state index in [1.165, 1.54) is 19.4 Å². The Morgan fingerprint density at radius 1 is 1.60 bits per heavy atom. The maximum absolute atomic E-state index is 5.58. The van der Waals surface area contributed by atoms with Gasteiger partial charge in [0.05, 0.1) is 0 Å². The summed E-state index contributed by atoms with van der Waals surface area (Å²) < 4.78 is 2.31. The van der Waals surface area contributed by atoms with E-state index in [2.05, 4.69) is 27.7 Å². The van der Waals surface area contributed by atoms with E-state index in [1.54, 1.807) is 0 Å². The van der Waals surface area contributed by atoms with E-state index < -0.39 is 0 Å². The number of piperidine rings is 1. The van der Waals surface area contributed by atoms with Crippen molar-refractivity contribution >= 4 is 0 Å². The molecular formula is C11H20N4. The van der Waals surface area contributed by atoms with Gasteiger partial charge in [-0.25, -0.2) is 4.98 Å². The Kier molecular flexibility index (Phi) is 3.38. The normalized spacial score (nSPS) is 23.2. The maximum atomic E-state index is 5.58. The minimum absolute atomic E-state index is 0.591. The second-order valence-corrected chi connectivity index (χ2v) is 4.35. The van der Waals surface area contributed by atoms with E-state index in [0.717, 1.165) is 18.8 Å². The molecule has 0 aromatic carbocycles. The standard InChI is InChI=1S/C11H20N4/c1-14-7-2-3-10(9-14)15-8-6-13-11(15)4-5-12/h6,8,10H,2-5,7,9,12H2,1H3. The zero-order valence-corrected chi connectivity index (χ0v) is 9.39. The monoisotopic (exact) mass is 208 g/mol. The fourth-order valence-electron chi connectivity index (χ4n) is 2.37. The highest BCUT2D eigenvalue weighted by molar-refractivity contribution is 4.97. The zero-order valence-electron chi connectivity index (χ0n) is 9.39. The molecule has 1 atom stereocenters. The van der Waals surface area contributed by atoms with Crippen LogP contribution in [0.15, 0.2) is 12.4 Å². The van der Waals surface area contributed by atoms with Crippen molar-refractivity contribution in [2.75, 3.05) is 26.7 Å². The molecule has 0 spiro atoms. The molecule has 1 aromatic rings. The summed E-state index contributed by atoms with van der Waals surface area (Å²) in [5, 5.41) is 0. The van der Waals surface area contributed by atoms with E-state index in [9.17, 15) is 0 Å². The quantitative estimate of drug-likeness (QED) is 0.793. The van der Waals surface area contributed by atoms with Gasteiger partial charge in [0.25, 0.3) is 0 Å². The number of nitrogens with two attached hydrogens (primary N) is 1. The van der Waals surface area contributed by atoms with Crippen LogP contribution in [-0.2, 0) is 6.42 Å². The summed E-state index contributed by atoms with van der Waals surface area (Å²) in [5.41, 5.74) is 5.58. The highest BCUT2D eigenvalue weighted by Crippen LogP contribution is 2.21. The largest absolute Gasteiger partial charge is 0.331 e. The molecule has 0 saturated carbocycles. The molecule has 1 fully saturated rings. The predicted octanol–water partition coefficient (Wildman–Crippen LogP) is 0.651. The van der Waals surface area contributed by atoms with E-state index in [-0.39, 0.29) is 0 Å². The van der Waals surface area contributed by atoms with Crippen molar-refractivity contribution in [2.24, 2.45) is 5.73 Å². The molecule has 4 heteroatoms. The van der Waals surface area contributed by atoms with Gasteiger partial charge in [-0.3, -0.25) is 0 Å². The smallest absolute Gasteiger partial charge is 0.110 e. The van der Waals surface area contributed by atoms with Gasteiger partial charge in [0, 0.05) is 31.4 Å². The average molecular weight is 208 g/mol. The van der Waals surface area contributed by atoms with Crippen LogP contribution in [-0.4, -0.2) is 41.1 Å². The predicted molar refractivity (Wildman–Crippen MR) is 60.8 cm³/mol. The van der Waals surface area contributed by atoms with Crippen LogP contribution in [0.1, 0.15) is 24.7 Å². The van der Waals surface area contributed by atoms with E-state index >= 15 is 0 Å². The number of rotatable bonds is 3. The van der Waals surface area contributed by atoms with Crippen molar-refractivity contribution in [3.8, 4) is 0 Å². The van der Waals surface area contributed by atoms with Gasteiger partial charge in [0.1, 0.15) is 5.82 Å². The van der Waals surface area contributed by atoms with Crippen LogP contribution < -0.4 is 5.73 Å². The maximum Gasteiger partial charge on any atom is 0.110 e. The lowest BCUT2D eigenvalue weighted by atomic mass is 10.1. The SMILES string of the molecule is CN1CCCC(n2ccnc2CCN)C1. The van der Waals surface area contributed by atoms with Crippen LogP contribution >= 0.6 is 0 Å². The Bertz CT molecular complexity index is 307. The van der Waals surface area contributed by atoms with Gasteiger partial charge >= 0.3 is 0 Å². The highest BCUT2D eigenvalue weighted by Gasteiger charge is 2.20. The summed E-state index contributed by atoms with van der Waals surface area (Å²) >= 11 is 0. The van der Waals surface area contributed by atoms with Crippen molar-refractivity contribution < 1.29 is 0 Å². The first-order chi connectivity index (χ1) is 7.31. The topological polar surface area (TPSA) is 47.1 Å². The van der Waals surface area contributed by atoms with Crippen molar-refractivity contribution in [1.29, 1.82) is 0 Å². The molecule has 4 nitrogen and oxygen atoms in total. The number of likely N-dealkylation sites (N-methyl/N-ethyl adjacent to an activating group) is 1. The molecule has 15 heavy (non-hydrogen) atoms. The number of imidazole rings is 1. The van der Waals surface area contributed by atoms with Gasteiger partial charge in [-0.2, -0.15) is 0 Å². The molecule has 0 radical (unpaired) electrons. The second kappa shape index (κ2) is 4.77. The lowest BCUT2D eigenvalue weighted by molar-refractivity contribution is 0.209. The Morgan fingerprint density at radius 2 is 2.47 bits per heavy atom. The van der Waals surface area contributed by atoms with Crippen LogP contribution in [0, 0.1) is 0 Å². The fourth-order valence-corrected chi connectivity index (χ4v) is 2.37. The van der Waals surface area contributed by atoms with E-state index in [4.69, 9.17) is 5.73 Å². The molecule has 1 aliphatic rings. The summed E-state index contributed by atoms with van der Waals surface area (Å²) in [6, 6.07) is 0.591. The van der Waals surface area contributed by atoms with Crippen molar-refractivity contribution in [2.45, 2.75) is 25.3 Å². The third-order valence-corrected chi connectivity index (χ3v) is 3.11. The van der Waals surface area contributed by atoms with Gasteiger partial charge in [-0.1, -0.05) is 0 Å². The molecule has 2 N–H and O–H groups in total. The van der Waals surface area contributed by atoms with Crippen molar-refractivity contribution in [3.63, 3.8) is 0 Å². The van der Waals surface area contributed by atoms with Gasteiger partial charge in [0.2, 0.25) is 0 Å². The Balaban J connectivity index is 2.10. The number of hydrogen-bond donors (Lipinski definition) is 1. The Morgan fingerprint density at radius 3 is 3.20 bits per heavy atom. The molecule has 2 heterocycles. The summed E-state index contributed by atoms with van der Waals surface area (Å²) in [7, 11) is 2.19. The minimum atomic E-state index is 0.591. The Hall–Kier alpha value is -0.870. The zero-order chi connectivity index (χ0) is 10.7. The summed E-state index contributed by atoms with van der Waals surface area (Å²) in [6.07, 6.45) is 7.40. The number of aromatic nitrogens is 2. The average Bonchev–Trinajstić information content (AvgIpc) is 2.66. The third kappa shape index (κ3) is 2.38. The summed E-state index contributed by atoms with van der Waals surface area (Å²) in [4.78, 5) is 6.76. The van der Waals surface area contributed by atoms with Crippen LogP contribution in [0.25, 0.3) is 0 Å². The van der Waals surface area contributed by atoms with Gasteiger partial charge < -0.3 is 15.2 Å². The molecule has 0 bridgehead atoms. The first-order valence-electron chi connectivity index (χ1n) is 5.71. The molecule has 84 valence electrons. The molecule has 1 aromatic heterocycles. The molecular weight excluding hydrogens is 188 g/mol. The highest BCUT2D eigenvalue weighted by atomic mass is 15.2. The van der Waals surface area contributed by atoms with Crippen molar-refractivity contribution in [3.05, 3.63) is 18.2 Å². The van der Waals surface area contributed by atoms with Crippen LogP contribution in [0.2, 0.25) is 0 Å². The number of hydrogen-bond acceptors (Lipinski definition) is 3. The third-order valence-electron chi connectivity index (χ3n) is 3.11. The van der Waals surface area contributed by atoms with Crippen LogP contribution in [0.5, 0.6) is 0 Å². The summed E-state index contributed by atoms with van der Waals surface area (Å²) in [5.74, 6) is 1.14. The first-order valence-corrected chi connectivity index (χ1v) is 5.71. The molecule has 0 aliphatic carbocycles. The van der Waals surface area contributed by atoms with Crippen molar-refractivity contribution in [1.82, 2.24) is 14.5 Å². The van der Waals surface area contributed by atoms with Gasteiger partial charge in [-0.15, -0.1) is 0 Å². The van der Waals surface area contributed by atoms with Crippen LogP contribution in [0.4, 0.5) is 0 Å².